The highest BCUT2D eigenvalue weighted by atomic mass is 35.5. The SMILES string of the molecule is O=C(Cl)/C(=C\c1ccccc1)S(=O)(=O)c1ccccc1. The van der Waals surface area contributed by atoms with Crippen molar-refractivity contribution in [3.05, 3.63) is 71.1 Å². The van der Waals surface area contributed by atoms with Gasteiger partial charge in [-0.25, -0.2) is 8.42 Å². The van der Waals surface area contributed by atoms with Crippen LogP contribution in [0.4, 0.5) is 0 Å². The van der Waals surface area contributed by atoms with E-state index in [4.69, 9.17) is 11.6 Å². The number of hydrogen-bond acceptors (Lipinski definition) is 3. The van der Waals surface area contributed by atoms with Crippen LogP contribution in [0.1, 0.15) is 5.56 Å². The molecule has 0 fully saturated rings. The molecule has 0 spiro atoms. The van der Waals surface area contributed by atoms with Crippen molar-refractivity contribution in [2.45, 2.75) is 4.90 Å². The number of carbonyl (C=O) groups is 1. The van der Waals surface area contributed by atoms with Crippen LogP contribution in [-0.4, -0.2) is 13.7 Å². The molecule has 0 aliphatic rings. The Morgan fingerprint density at radius 3 is 1.90 bits per heavy atom. The summed E-state index contributed by atoms with van der Waals surface area (Å²) in [5.74, 6) is 0. The van der Waals surface area contributed by atoms with Crippen molar-refractivity contribution in [3.8, 4) is 0 Å². The molecule has 0 aliphatic carbocycles. The minimum atomic E-state index is -3.92. The monoisotopic (exact) mass is 306 g/mol. The predicted octanol–water partition coefficient (Wildman–Crippen LogP) is 3.27. The van der Waals surface area contributed by atoms with Gasteiger partial charge in [0.1, 0.15) is 4.91 Å². The fourth-order valence-corrected chi connectivity index (χ4v) is 3.30. The summed E-state index contributed by atoms with van der Waals surface area (Å²) >= 11 is 5.44. The van der Waals surface area contributed by atoms with Crippen LogP contribution < -0.4 is 0 Å². The third-order valence-corrected chi connectivity index (χ3v) is 4.72. The topological polar surface area (TPSA) is 51.2 Å². The maximum atomic E-state index is 12.4. The minimum Gasteiger partial charge on any atom is -0.275 e. The molecule has 2 aromatic carbocycles. The second-order valence-electron chi connectivity index (χ2n) is 4.01. The van der Waals surface area contributed by atoms with Gasteiger partial charge in [-0.15, -0.1) is 0 Å². The lowest BCUT2D eigenvalue weighted by molar-refractivity contribution is -0.107. The average molecular weight is 307 g/mol. The molecule has 0 N–H and O–H groups in total. The maximum Gasteiger partial charge on any atom is 0.264 e. The lowest BCUT2D eigenvalue weighted by atomic mass is 10.2. The van der Waals surface area contributed by atoms with Crippen LogP contribution in [0.3, 0.4) is 0 Å². The highest BCUT2D eigenvalue weighted by Crippen LogP contribution is 2.23. The third kappa shape index (κ3) is 3.15. The van der Waals surface area contributed by atoms with Crippen molar-refractivity contribution in [1.82, 2.24) is 0 Å². The zero-order chi connectivity index (χ0) is 14.6. The molecule has 0 atom stereocenters. The molecule has 0 saturated carbocycles. The molecule has 0 bridgehead atoms. The van der Waals surface area contributed by atoms with Crippen molar-refractivity contribution < 1.29 is 13.2 Å². The Hall–Kier alpha value is -1.91. The number of carbonyl (C=O) groups excluding carboxylic acids is 1. The lowest BCUT2D eigenvalue weighted by Gasteiger charge is -2.05. The van der Waals surface area contributed by atoms with Crippen molar-refractivity contribution >= 4 is 32.8 Å². The second-order valence-corrected chi connectivity index (χ2v) is 6.27. The summed E-state index contributed by atoms with van der Waals surface area (Å²) in [5.41, 5.74) is 0.594. The lowest BCUT2D eigenvalue weighted by Crippen LogP contribution is -2.10. The molecule has 0 unspecified atom stereocenters. The fourth-order valence-electron chi connectivity index (χ4n) is 1.67. The van der Waals surface area contributed by atoms with E-state index in [1.54, 1.807) is 48.5 Å². The van der Waals surface area contributed by atoms with Crippen LogP contribution in [0.2, 0.25) is 0 Å². The van der Waals surface area contributed by atoms with E-state index in [0.29, 0.717) is 5.56 Å². The Bertz CT molecular complexity index is 735. The number of rotatable bonds is 4. The fraction of sp³-hybridized carbons (Fsp3) is 0. The molecule has 0 heterocycles. The molecular weight excluding hydrogens is 296 g/mol. The van der Waals surface area contributed by atoms with Crippen molar-refractivity contribution in [3.63, 3.8) is 0 Å². The van der Waals surface area contributed by atoms with Crippen LogP contribution in [0.5, 0.6) is 0 Å². The van der Waals surface area contributed by atoms with E-state index < -0.39 is 20.0 Å². The summed E-state index contributed by atoms with van der Waals surface area (Å²) in [6, 6.07) is 16.4. The van der Waals surface area contributed by atoms with Gasteiger partial charge in [-0.2, -0.15) is 0 Å². The number of hydrogen-bond donors (Lipinski definition) is 0. The Balaban J connectivity index is 2.56. The number of sulfone groups is 1. The summed E-state index contributed by atoms with van der Waals surface area (Å²) in [5, 5.41) is -1.00. The summed E-state index contributed by atoms with van der Waals surface area (Å²) in [7, 11) is -3.92. The van der Waals surface area contributed by atoms with Gasteiger partial charge in [0.25, 0.3) is 5.24 Å². The number of halogens is 1. The van der Waals surface area contributed by atoms with Gasteiger partial charge in [0, 0.05) is 0 Å². The summed E-state index contributed by atoms with van der Waals surface area (Å²) in [4.78, 5) is 11.1. The summed E-state index contributed by atoms with van der Waals surface area (Å²) < 4.78 is 24.8. The Morgan fingerprint density at radius 1 is 0.900 bits per heavy atom. The van der Waals surface area contributed by atoms with E-state index in [2.05, 4.69) is 0 Å². The smallest absolute Gasteiger partial charge is 0.264 e. The standard InChI is InChI=1S/C15H11ClO3S/c16-15(17)14(11-12-7-3-1-4-8-12)20(18,19)13-9-5-2-6-10-13/h1-11H/b14-11+. The quantitative estimate of drug-likeness (QED) is 0.643. The maximum absolute atomic E-state index is 12.4. The molecule has 5 heteroatoms. The third-order valence-electron chi connectivity index (χ3n) is 2.63. The van der Waals surface area contributed by atoms with Crippen LogP contribution in [0.25, 0.3) is 6.08 Å². The van der Waals surface area contributed by atoms with Crippen LogP contribution in [0.15, 0.2) is 70.5 Å². The Labute approximate surface area is 122 Å². The molecule has 2 aromatic rings. The van der Waals surface area contributed by atoms with Gasteiger partial charge in [0.05, 0.1) is 4.90 Å². The van der Waals surface area contributed by atoms with Crippen molar-refractivity contribution in [2.75, 3.05) is 0 Å². The van der Waals surface area contributed by atoms with E-state index in [1.807, 2.05) is 0 Å². The zero-order valence-corrected chi connectivity index (χ0v) is 11.9. The van der Waals surface area contributed by atoms with Gasteiger partial charge in [-0.1, -0.05) is 48.5 Å². The summed E-state index contributed by atoms with van der Waals surface area (Å²) in [6.07, 6.45) is 1.28. The first-order valence-corrected chi connectivity index (χ1v) is 7.64. The molecule has 2 rings (SSSR count). The average Bonchev–Trinajstić information content (AvgIpc) is 2.46. The van der Waals surface area contributed by atoms with Gasteiger partial charge >= 0.3 is 0 Å². The van der Waals surface area contributed by atoms with Crippen LogP contribution in [0, 0.1) is 0 Å². The molecular formula is C15H11ClO3S. The first-order valence-electron chi connectivity index (χ1n) is 5.78. The minimum absolute atomic E-state index is 0.0381. The summed E-state index contributed by atoms with van der Waals surface area (Å²) in [6.45, 7) is 0. The van der Waals surface area contributed by atoms with Gasteiger partial charge in [-0.3, -0.25) is 4.79 Å². The molecule has 0 radical (unpaired) electrons. The van der Waals surface area contributed by atoms with Crippen LogP contribution in [-0.2, 0) is 14.6 Å². The predicted molar refractivity (Wildman–Crippen MR) is 78.9 cm³/mol. The first-order chi connectivity index (χ1) is 9.51. The first kappa shape index (κ1) is 14.5. The highest BCUT2D eigenvalue weighted by Gasteiger charge is 2.25. The van der Waals surface area contributed by atoms with Crippen LogP contribution >= 0.6 is 11.6 Å². The van der Waals surface area contributed by atoms with E-state index in [-0.39, 0.29) is 4.90 Å². The highest BCUT2D eigenvalue weighted by molar-refractivity contribution is 7.96. The van der Waals surface area contributed by atoms with Crippen molar-refractivity contribution in [2.24, 2.45) is 0 Å². The van der Waals surface area contributed by atoms with E-state index >= 15 is 0 Å². The molecule has 0 amide bonds. The Kier molecular flexibility index (Phi) is 4.37. The molecule has 0 aromatic heterocycles. The zero-order valence-electron chi connectivity index (χ0n) is 10.4. The normalized spacial score (nSPS) is 12.2. The molecule has 102 valence electrons. The van der Waals surface area contributed by atoms with Gasteiger partial charge < -0.3 is 0 Å². The van der Waals surface area contributed by atoms with Gasteiger partial charge in [0.15, 0.2) is 0 Å². The largest absolute Gasteiger partial charge is 0.275 e. The second kappa shape index (κ2) is 6.03. The molecule has 0 saturated heterocycles. The van der Waals surface area contributed by atoms with Crippen molar-refractivity contribution in [1.29, 1.82) is 0 Å². The van der Waals surface area contributed by atoms with E-state index in [1.165, 1.54) is 18.2 Å². The van der Waals surface area contributed by atoms with Gasteiger partial charge in [-0.05, 0) is 35.4 Å². The number of benzene rings is 2. The Morgan fingerprint density at radius 2 is 1.40 bits per heavy atom. The molecule has 3 nitrogen and oxygen atoms in total. The van der Waals surface area contributed by atoms with Gasteiger partial charge in [0.2, 0.25) is 9.84 Å². The van der Waals surface area contributed by atoms with E-state index in [0.717, 1.165) is 0 Å². The molecule has 0 aliphatic heterocycles. The number of allylic oxidation sites excluding steroid dienone is 1. The molecule has 20 heavy (non-hydrogen) atoms. The van der Waals surface area contributed by atoms with E-state index in [9.17, 15) is 13.2 Å².